The Morgan fingerprint density at radius 1 is 1.25 bits per heavy atom. The van der Waals surface area contributed by atoms with Gasteiger partial charge >= 0.3 is 5.97 Å². The Bertz CT molecular complexity index is 864. The third-order valence-corrected chi connectivity index (χ3v) is 3.48. The van der Waals surface area contributed by atoms with Crippen molar-refractivity contribution in [2.75, 3.05) is 6.61 Å². The SMILES string of the molecule is C=CCOc1ccccc1C=C1Oc2ccc(C(=O)O)cc2C1=O. The van der Waals surface area contributed by atoms with Gasteiger partial charge in [0.15, 0.2) is 5.76 Å². The van der Waals surface area contributed by atoms with Crippen molar-refractivity contribution in [2.24, 2.45) is 0 Å². The third kappa shape index (κ3) is 2.92. The normalized spacial score (nSPS) is 14.2. The summed E-state index contributed by atoms with van der Waals surface area (Å²) >= 11 is 0. The molecular formula is C19H14O5. The van der Waals surface area contributed by atoms with Crippen LogP contribution in [0.5, 0.6) is 11.5 Å². The molecule has 0 spiro atoms. The minimum atomic E-state index is -1.09. The predicted molar refractivity (Wildman–Crippen MR) is 88.5 cm³/mol. The van der Waals surface area contributed by atoms with E-state index < -0.39 is 5.97 Å². The zero-order chi connectivity index (χ0) is 17.1. The molecule has 1 heterocycles. The number of aromatic carboxylic acids is 1. The van der Waals surface area contributed by atoms with Crippen LogP contribution in [0.4, 0.5) is 0 Å². The Hall–Kier alpha value is -3.34. The summed E-state index contributed by atoms with van der Waals surface area (Å²) in [6, 6.07) is 11.4. The number of hydrogen-bond donors (Lipinski definition) is 1. The lowest BCUT2D eigenvalue weighted by Gasteiger charge is -2.07. The number of allylic oxidation sites excluding steroid dienone is 1. The molecule has 0 aliphatic carbocycles. The molecule has 5 nitrogen and oxygen atoms in total. The first-order valence-corrected chi connectivity index (χ1v) is 7.24. The Labute approximate surface area is 138 Å². The Kier molecular flexibility index (Phi) is 4.16. The summed E-state index contributed by atoms with van der Waals surface area (Å²) in [6.07, 6.45) is 3.21. The zero-order valence-electron chi connectivity index (χ0n) is 12.7. The van der Waals surface area contributed by atoms with Gasteiger partial charge in [0.05, 0.1) is 11.1 Å². The highest BCUT2D eigenvalue weighted by molar-refractivity contribution is 6.15. The standard InChI is InChI=1S/C19H14O5/c1-2-9-23-15-6-4-3-5-12(15)11-17-18(20)14-10-13(19(21)22)7-8-16(14)24-17/h2-8,10-11H,1,9H2,(H,21,22). The van der Waals surface area contributed by atoms with Gasteiger partial charge in [-0.05, 0) is 30.3 Å². The largest absolute Gasteiger partial charge is 0.489 e. The number of Topliss-reactive ketones (excluding diaryl/α,β-unsaturated/α-hetero) is 1. The van der Waals surface area contributed by atoms with Crippen molar-refractivity contribution in [3.05, 3.63) is 77.6 Å². The van der Waals surface area contributed by atoms with E-state index in [1.54, 1.807) is 24.3 Å². The van der Waals surface area contributed by atoms with Crippen molar-refractivity contribution in [3.8, 4) is 11.5 Å². The van der Waals surface area contributed by atoms with Gasteiger partial charge in [-0.25, -0.2) is 4.79 Å². The fourth-order valence-electron chi connectivity index (χ4n) is 2.34. The lowest BCUT2D eigenvalue weighted by molar-refractivity contribution is 0.0697. The highest BCUT2D eigenvalue weighted by Crippen LogP contribution is 2.33. The van der Waals surface area contributed by atoms with Crippen LogP contribution < -0.4 is 9.47 Å². The van der Waals surface area contributed by atoms with E-state index in [1.807, 2.05) is 12.1 Å². The average molecular weight is 322 g/mol. The highest BCUT2D eigenvalue weighted by Gasteiger charge is 2.28. The molecule has 0 saturated heterocycles. The number of ketones is 1. The molecule has 1 aliphatic rings. The van der Waals surface area contributed by atoms with Crippen LogP contribution >= 0.6 is 0 Å². The first-order valence-electron chi connectivity index (χ1n) is 7.24. The number of benzene rings is 2. The number of carbonyl (C=O) groups excluding carboxylic acids is 1. The maximum absolute atomic E-state index is 12.5. The second-order valence-electron chi connectivity index (χ2n) is 5.09. The van der Waals surface area contributed by atoms with E-state index in [9.17, 15) is 9.59 Å². The van der Waals surface area contributed by atoms with Crippen LogP contribution in [0.2, 0.25) is 0 Å². The second-order valence-corrected chi connectivity index (χ2v) is 5.09. The second kappa shape index (κ2) is 6.42. The smallest absolute Gasteiger partial charge is 0.335 e. The molecule has 24 heavy (non-hydrogen) atoms. The van der Waals surface area contributed by atoms with Crippen molar-refractivity contribution < 1.29 is 24.2 Å². The minimum Gasteiger partial charge on any atom is -0.489 e. The maximum atomic E-state index is 12.5. The number of ether oxygens (including phenoxy) is 2. The van der Waals surface area contributed by atoms with E-state index in [1.165, 1.54) is 18.2 Å². The Morgan fingerprint density at radius 2 is 2.04 bits per heavy atom. The molecule has 0 bridgehead atoms. The molecule has 3 rings (SSSR count). The van der Waals surface area contributed by atoms with Crippen LogP contribution in [0.25, 0.3) is 6.08 Å². The average Bonchev–Trinajstić information content (AvgIpc) is 2.89. The monoisotopic (exact) mass is 322 g/mol. The van der Waals surface area contributed by atoms with E-state index >= 15 is 0 Å². The first kappa shape index (κ1) is 15.6. The van der Waals surface area contributed by atoms with Gasteiger partial charge in [0, 0.05) is 5.56 Å². The summed E-state index contributed by atoms with van der Waals surface area (Å²) < 4.78 is 11.1. The number of rotatable bonds is 5. The van der Waals surface area contributed by atoms with Crippen molar-refractivity contribution >= 4 is 17.8 Å². The summed E-state index contributed by atoms with van der Waals surface area (Å²) in [6.45, 7) is 3.95. The van der Waals surface area contributed by atoms with E-state index in [-0.39, 0.29) is 22.7 Å². The molecule has 2 aromatic carbocycles. The van der Waals surface area contributed by atoms with Gasteiger partial charge in [-0.3, -0.25) is 4.79 Å². The molecule has 2 aromatic rings. The summed E-state index contributed by atoms with van der Waals surface area (Å²) in [4.78, 5) is 23.5. The molecular weight excluding hydrogens is 308 g/mol. The van der Waals surface area contributed by atoms with Crippen LogP contribution in [-0.4, -0.2) is 23.5 Å². The van der Waals surface area contributed by atoms with Gasteiger partial charge in [0.2, 0.25) is 5.78 Å². The number of carbonyl (C=O) groups is 2. The van der Waals surface area contributed by atoms with Crippen molar-refractivity contribution in [3.63, 3.8) is 0 Å². The Balaban J connectivity index is 1.95. The van der Waals surface area contributed by atoms with E-state index in [2.05, 4.69) is 6.58 Å². The number of hydrogen-bond acceptors (Lipinski definition) is 4. The lowest BCUT2D eigenvalue weighted by Crippen LogP contribution is -2.01. The van der Waals surface area contributed by atoms with Gasteiger partial charge in [-0.1, -0.05) is 30.9 Å². The molecule has 0 atom stereocenters. The molecule has 0 radical (unpaired) electrons. The zero-order valence-corrected chi connectivity index (χ0v) is 12.7. The summed E-state index contributed by atoms with van der Waals surface area (Å²) in [5.74, 6) is -0.371. The van der Waals surface area contributed by atoms with Crippen molar-refractivity contribution in [2.45, 2.75) is 0 Å². The van der Waals surface area contributed by atoms with Crippen LogP contribution in [0.3, 0.4) is 0 Å². The molecule has 0 amide bonds. The van der Waals surface area contributed by atoms with Crippen LogP contribution in [0.15, 0.2) is 60.9 Å². The molecule has 120 valence electrons. The molecule has 0 aromatic heterocycles. The summed E-state index contributed by atoms with van der Waals surface area (Å²) in [5, 5.41) is 9.03. The van der Waals surface area contributed by atoms with Crippen LogP contribution in [0.1, 0.15) is 26.3 Å². The van der Waals surface area contributed by atoms with Crippen molar-refractivity contribution in [1.82, 2.24) is 0 Å². The third-order valence-electron chi connectivity index (χ3n) is 3.48. The topological polar surface area (TPSA) is 72.8 Å². The minimum absolute atomic E-state index is 0.0432. The molecule has 0 saturated carbocycles. The molecule has 0 unspecified atom stereocenters. The Morgan fingerprint density at radius 3 is 2.79 bits per heavy atom. The van der Waals surface area contributed by atoms with E-state index in [4.69, 9.17) is 14.6 Å². The quantitative estimate of drug-likeness (QED) is 0.673. The van der Waals surface area contributed by atoms with Crippen LogP contribution in [-0.2, 0) is 0 Å². The van der Waals surface area contributed by atoms with Gasteiger partial charge in [0.1, 0.15) is 18.1 Å². The van der Waals surface area contributed by atoms with E-state index in [0.29, 0.717) is 23.7 Å². The molecule has 1 aliphatic heterocycles. The fourth-order valence-corrected chi connectivity index (χ4v) is 2.34. The van der Waals surface area contributed by atoms with E-state index in [0.717, 1.165) is 0 Å². The van der Waals surface area contributed by atoms with Crippen molar-refractivity contribution in [1.29, 1.82) is 0 Å². The van der Waals surface area contributed by atoms with Gasteiger partial charge in [-0.15, -0.1) is 0 Å². The predicted octanol–water partition coefficient (Wildman–Crippen LogP) is 3.57. The fraction of sp³-hybridized carbons (Fsp3) is 0.0526. The number of carboxylic acid groups (broad SMARTS) is 1. The van der Waals surface area contributed by atoms with Crippen LogP contribution in [0, 0.1) is 0 Å². The molecule has 0 fully saturated rings. The highest BCUT2D eigenvalue weighted by atomic mass is 16.5. The molecule has 5 heteroatoms. The number of carboxylic acids is 1. The molecule has 1 N–H and O–H groups in total. The number of fused-ring (bicyclic) bond motifs is 1. The maximum Gasteiger partial charge on any atom is 0.335 e. The summed E-state index contributed by atoms with van der Waals surface area (Å²) in [7, 11) is 0. The van der Waals surface area contributed by atoms with Gasteiger partial charge < -0.3 is 14.6 Å². The van der Waals surface area contributed by atoms with Gasteiger partial charge in [-0.2, -0.15) is 0 Å². The first-order chi connectivity index (χ1) is 11.6. The number of para-hydroxylation sites is 1. The summed E-state index contributed by atoms with van der Waals surface area (Å²) in [5.41, 5.74) is 0.973. The van der Waals surface area contributed by atoms with Gasteiger partial charge in [0.25, 0.3) is 0 Å². The lowest BCUT2D eigenvalue weighted by atomic mass is 10.1.